The van der Waals surface area contributed by atoms with Gasteiger partial charge < -0.3 is 4.90 Å². The summed E-state index contributed by atoms with van der Waals surface area (Å²) in [5.74, 6) is 0.364. The Labute approximate surface area is 163 Å². The van der Waals surface area contributed by atoms with E-state index >= 15 is 0 Å². The first-order chi connectivity index (χ1) is 13.4. The predicted octanol–water partition coefficient (Wildman–Crippen LogP) is 3.89. The Hall–Kier alpha value is -2.93. The summed E-state index contributed by atoms with van der Waals surface area (Å²) in [5.41, 5.74) is 3.29. The van der Waals surface area contributed by atoms with Gasteiger partial charge in [-0.1, -0.05) is 24.3 Å². The quantitative estimate of drug-likeness (QED) is 0.725. The van der Waals surface area contributed by atoms with Crippen molar-refractivity contribution < 1.29 is 12.8 Å². The first kappa shape index (κ1) is 18.4. The monoisotopic (exact) mass is 397 g/mol. The first-order valence-electron chi connectivity index (χ1n) is 8.99. The molecule has 1 N–H and O–H groups in total. The molecule has 0 unspecified atom stereocenters. The van der Waals surface area contributed by atoms with Crippen LogP contribution in [0.5, 0.6) is 0 Å². The Morgan fingerprint density at radius 1 is 1.07 bits per heavy atom. The highest BCUT2D eigenvalue weighted by atomic mass is 32.2. The van der Waals surface area contributed by atoms with Crippen LogP contribution in [0.2, 0.25) is 0 Å². The Bertz CT molecular complexity index is 1110. The topological polar surface area (TPSA) is 62.3 Å². The SMILES string of the molecule is Cc1cc(S(=O)(=O)Nc2ccc(N3CCc4ccccc4C3)nc2)ccc1F. The minimum Gasteiger partial charge on any atom is -0.352 e. The fourth-order valence-corrected chi connectivity index (χ4v) is 4.45. The highest BCUT2D eigenvalue weighted by Crippen LogP contribution is 2.24. The lowest BCUT2D eigenvalue weighted by Gasteiger charge is -2.29. The summed E-state index contributed by atoms with van der Waals surface area (Å²) >= 11 is 0. The minimum atomic E-state index is -3.80. The van der Waals surface area contributed by atoms with Gasteiger partial charge in [-0.25, -0.2) is 17.8 Å². The first-order valence-corrected chi connectivity index (χ1v) is 10.5. The van der Waals surface area contributed by atoms with Crippen molar-refractivity contribution in [2.24, 2.45) is 0 Å². The third-order valence-electron chi connectivity index (χ3n) is 4.89. The molecule has 7 heteroatoms. The molecule has 144 valence electrons. The molecule has 0 spiro atoms. The molecule has 1 aliphatic rings. The highest BCUT2D eigenvalue weighted by molar-refractivity contribution is 7.92. The van der Waals surface area contributed by atoms with Crippen molar-refractivity contribution in [3.63, 3.8) is 0 Å². The minimum absolute atomic E-state index is 0.0168. The summed E-state index contributed by atoms with van der Waals surface area (Å²) in [7, 11) is -3.80. The number of benzene rings is 2. The van der Waals surface area contributed by atoms with Crippen molar-refractivity contribution in [3.05, 3.63) is 83.3 Å². The molecule has 0 atom stereocenters. The molecule has 3 aromatic rings. The molecule has 0 saturated heterocycles. The van der Waals surface area contributed by atoms with E-state index in [0.29, 0.717) is 5.69 Å². The predicted molar refractivity (Wildman–Crippen MR) is 107 cm³/mol. The van der Waals surface area contributed by atoms with E-state index in [9.17, 15) is 12.8 Å². The molecular formula is C21H20FN3O2S. The summed E-state index contributed by atoms with van der Waals surface area (Å²) in [4.78, 5) is 6.61. The van der Waals surface area contributed by atoms with Gasteiger partial charge >= 0.3 is 0 Å². The maximum atomic E-state index is 13.4. The summed E-state index contributed by atoms with van der Waals surface area (Å²) in [5, 5.41) is 0. The summed E-state index contributed by atoms with van der Waals surface area (Å²) in [6.45, 7) is 3.18. The van der Waals surface area contributed by atoms with E-state index in [-0.39, 0.29) is 10.5 Å². The Morgan fingerprint density at radius 3 is 2.57 bits per heavy atom. The molecular weight excluding hydrogens is 377 g/mol. The van der Waals surface area contributed by atoms with E-state index in [1.54, 1.807) is 6.07 Å². The van der Waals surface area contributed by atoms with Crippen molar-refractivity contribution in [3.8, 4) is 0 Å². The molecule has 28 heavy (non-hydrogen) atoms. The average Bonchev–Trinajstić information content (AvgIpc) is 2.70. The van der Waals surface area contributed by atoms with Gasteiger partial charge in [0.1, 0.15) is 11.6 Å². The molecule has 5 nitrogen and oxygen atoms in total. The Morgan fingerprint density at radius 2 is 1.86 bits per heavy atom. The molecule has 0 aliphatic carbocycles. The van der Waals surface area contributed by atoms with E-state index in [4.69, 9.17) is 0 Å². The van der Waals surface area contributed by atoms with Crippen LogP contribution in [0.1, 0.15) is 16.7 Å². The van der Waals surface area contributed by atoms with Gasteiger partial charge in [0.2, 0.25) is 0 Å². The van der Waals surface area contributed by atoms with E-state index in [1.807, 2.05) is 12.1 Å². The molecule has 0 bridgehead atoms. The van der Waals surface area contributed by atoms with E-state index in [0.717, 1.165) is 31.4 Å². The lowest BCUT2D eigenvalue weighted by atomic mass is 10.00. The number of anilines is 2. The normalized spacial score (nSPS) is 13.9. The second-order valence-electron chi connectivity index (χ2n) is 6.86. The third-order valence-corrected chi connectivity index (χ3v) is 6.27. The number of aromatic nitrogens is 1. The number of hydrogen-bond donors (Lipinski definition) is 1. The van der Waals surface area contributed by atoms with Gasteiger partial charge in [-0.2, -0.15) is 0 Å². The summed E-state index contributed by atoms with van der Waals surface area (Å²) in [6, 6.07) is 15.6. The number of nitrogens with one attached hydrogen (secondary N) is 1. The summed E-state index contributed by atoms with van der Waals surface area (Å²) in [6.07, 6.45) is 2.46. The van der Waals surface area contributed by atoms with Crippen LogP contribution < -0.4 is 9.62 Å². The molecule has 0 radical (unpaired) electrons. The number of hydrogen-bond acceptors (Lipinski definition) is 4. The molecule has 1 aromatic heterocycles. The van der Waals surface area contributed by atoms with Crippen molar-refractivity contribution >= 4 is 21.5 Å². The van der Waals surface area contributed by atoms with Crippen LogP contribution in [0.3, 0.4) is 0 Å². The largest absolute Gasteiger partial charge is 0.352 e. The van der Waals surface area contributed by atoms with E-state index in [2.05, 4.69) is 32.8 Å². The van der Waals surface area contributed by atoms with Crippen LogP contribution in [0, 0.1) is 12.7 Å². The molecule has 0 saturated carbocycles. The Balaban J connectivity index is 1.50. The number of nitrogens with zero attached hydrogens (tertiary/aromatic N) is 2. The number of pyridine rings is 1. The summed E-state index contributed by atoms with van der Waals surface area (Å²) < 4.78 is 40.9. The Kier molecular flexibility index (Phi) is 4.77. The maximum absolute atomic E-state index is 13.4. The number of fused-ring (bicyclic) bond motifs is 1. The van der Waals surface area contributed by atoms with Gasteiger partial charge in [0.15, 0.2) is 0 Å². The molecule has 0 amide bonds. The molecule has 2 aromatic carbocycles. The van der Waals surface area contributed by atoms with Crippen LogP contribution in [0.4, 0.5) is 15.9 Å². The second kappa shape index (κ2) is 7.24. The van der Waals surface area contributed by atoms with Crippen LogP contribution in [0.15, 0.2) is 65.7 Å². The molecule has 1 aliphatic heterocycles. The number of halogens is 1. The van der Waals surface area contributed by atoms with Crippen LogP contribution >= 0.6 is 0 Å². The van der Waals surface area contributed by atoms with Gasteiger partial charge in [-0.05, 0) is 60.4 Å². The van der Waals surface area contributed by atoms with Crippen LogP contribution in [0.25, 0.3) is 0 Å². The molecule has 4 rings (SSSR count). The second-order valence-corrected chi connectivity index (χ2v) is 8.54. The zero-order chi connectivity index (χ0) is 19.7. The van der Waals surface area contributed by atoms with Crippen molar-refractivity contribution in [1.82, 2.24) is 4.98 Å². The average molecular weight is 397 g/mol. The standard InChI is InChI=1S/C21H20FN3O2S/c1-15-12-19(7-8-20(15)22)28(26,27)24-18-6-9-21(23-13-18)25-11-10-16-4-2-3-5-17(16)14-25/h2-9,12-13,24H,10-11,14H2,1H3. The van der Waals surface area contributed by atoms with Gasteiger partial charge in [0.25, 0.3) is 10.0 Å². The van der Waals surface area contributed by atoms with Gasteiger partial charge in [-0.15, -0.1) is 0 Å². The van der Waals surface area contributed by atoms with Crippen molar-refractivity contribution in [1.29, 1.82) is 0 Å². The number of aryl methyl sites for hydroxylation is 1. The molecule has 0 fully saturated rings. The van der Waals surface area contributed by atoms with E-state index < -0.39 is 15.8 Å². The van der Waals surface area contributed by atoms with Crippen LogP contribution in [-0.4, -0.2) is 19.9 Å². The fourth-order valence-electron chi connectivity index (χ4n) is 3.32. The lowest BCUT2D eigenvalue weighted by molar-refractivity contribution is 0.598. The molecule has 2 heterocycles. The smallest absolute Gasteiger partial charge is 0.261 e. The van der Waals surface area contributed by atoms with E-state index in [1.165, 1.54) is 36.4 Å². The zero-order valence-corrected chi connectivity index (χ0v) is 16.2. The van der Waals surface area contributed by atoms with Gasteiger partial charge in [0.05, 0.1) is 16.8 Å². The van der Waals surface area contributed by atoms with Crippen LogP contribution in [-0.2, 0) is 23.0 Å². The highest BCUT2D eigenvalue weighted by Gasteiger charge is 2.18. The third kappa shape index (κ3) is 3.71. The number of sulfonamides is 1. The maximum Gasteiger partial charge on any atom is 0.261 e. The zero-order valence-electron chi connectivity index (χ0n) is 15.4. The van der Waals surface area contributed by atoms with Crippen molar-refractivity contribution in [2.75, 3.05) is 16.2 Å². The fraction of sp³-hybridized carbons (Fsp3) is 0.190. The van der Waals surface area contributed by atoms with Crippen molar-refractivity contribution in [2.45, 2.75) is 24.8 Å². The number of rotatable bonds is 4. The lowest BCUT2D eigenvalue weighted by Crippen LogP contribution is -2.30. The van der Waals surface area contributed by atoms with Gasteiger partial charge in [-0.3, -0.25) is 4.72 Å². The van der Waals surface area contributed by atoms with Gasteiger partial charge in [0, 0.05) is 13.1 Å².